The first-order valence-electron chi connectivity index (χ1n) is 11.4. The molecule has 0 fully saturated rings. The summed E-state index contributed by atoms with van der Waals surface area (Å²) in [6, 6.07) is 9.49. The Labute approximate surface area is 221 Å². The summed E-state index contributed by atoms with van der Waals surface area (Å²) in [5.74, 6) is -1.60. The zero-order valence-electron chi connectivity index (χ0n) is 20.8. The van der Waals surface area contributed by atoms with Crippen molar-refractivity contribution in [2.45, 2.75) is 38.0 Å². The van der Waals surface area contributed by atoms with Crippen molar-refractivity contribution >= 4 is 40.1 Å². The highest BCUT2D eigenvalue weighted by molar-refractivity contribution is 7.84. The molecule has 0 aliphatic heterocycles. The summed E-state index contributed by atoms with van der Waals surface area (Å²) in [5, 5.41) is -0.0638. The quantitative estimate of drug-likeness (QED) is 0.363. The minimum atomic E-state index is -1.63. The number of benzene rings is 1. The van der Waals surface area contributed by atoms with E-state index in [9.17, 15) is 9.00 Å². The number of nitrogen functional groups attached to an aromatic ring is 1. The van der Waals surface area contributed by atoms with E-state index >= 15 is 8.78 Å². The zero-order chi connectivity index (χ0) is 27.3. The van der Waals surface area contributed by atoms with E-state index < -0.39 is 28.0 Å². The smallest absolute Gasteiger partial charge is 0.273 e. The molecule has 0 aliphatic rings. The Hall–Kier alpha value is -3.43. The van der Waals surface area contributed by atoms with E-state index in [1.54, 1.807) is 38.3 Å². The molecule has 2 N–H and O–H groups in total. The van der Waals surface area contributed by atoms with Crippen LogP contribution in [0.4, 0.5) is 14.6 Å². The third-order valence-corrected chi connectivity index (χ3v) is 7.05. The molecule has 0 radical (unpaired) electrons. The fourth-order valence-electron chi connectivity index (χ4n) is 3.83. The molecule has 37 heavy (non-hydrogen) atoms. The van der Waals surface area contributed by atoms with Crippen molar-refractivity contribution in [3.63, 3.8) is 0 Å². The number of hydrogen-bond donors (Lipinski definition) is 1. The van der Waals surface area contributed by atoms with Crippen molar-refractivity contribution in [2.24, 2.45) is 4.99 Å². The Morgan fingerprint density at radius 1 is 1.32 bits per heavy atom. The molecule has 2 heterocycles. The van der Waals surface area contributed by atoms with Gasteiger partial charge in [0.1, 0.15) is 22.4 Å². The third kappa shape index (κ3) is 6.29. The molecule has 2 atom stereocenters. The van der Waals surface area contributed by atoms with Crippen LogP contribution in [-0.2, 0) is 17.2 Å². The van der Waals surface area contributed by atoms with Gasteiger partial charge in [-0.2, -0.15) is 0 Å². The molecule has 0 saturated heterocycles. The lowest BCUT2D eigenvalue weighted by Crippen LogP contribution is -2.22. The van der Waals surface area contributed by atoms with Crippen molar-refractivity contribution in [2.75, 3.05) is 12.0 Å². The van der Waals surface area contributed by atoms with Gasteiger partial charge in [0.05, 0.1) is 21.9 Å². The number of rotatable bonds is 8. The molecule has 3 rings (SSSR count). The van der Waals surface area contributed by atoms with Gasteiger partial charge >= 0.3 is 0 Å². The third-order valence-electron chi connectivity index (χ3n) is 5.74. The monoisotopic (exact) mass is 544 g/mol. The van der Waals surface area contributed by atoms with Gasteiger partial charge < -0.3 is 5.73 Å². The largest absolute Gasteiger partial charge is 0.383 e. The van der Waals surface area contributed by atoms with E-state index in [0.717, 1.165) is 16.3 Å². The highest BCUT2D eigenvalue weighted by Crippen LogP contribution is 2.28. The van der Waals surface area contributed by atoms with E-state index in [1.807, 2.05) is 13.0 Å². The molecule has 0 amide bonds. The van der Waals surface area contributed by atoms with Crippen molar-refractivity contribution in [1.29, 1.82) is 0 Å². The molecule has 0 saturated carbocycles. The van der Waals surface area contributed by atoms with Crippen LogP contribution in [-0.4, -0.2) is 25.7 Å². The maximum Gasteiger partial charge on any atom is 0.273 e. The Balaban J connectivity index is 2.07. The van der Waals surface area contributed by atoms with Gasteiger partial charge in [0, 0.05) is 29.9 Å². The Morgan fingerprint density at radius 2 is 2.05 bits per heavy atom. The molecular weight excluding hydrogens is 518 g/mol. The predicted molar refractivity (Wildman–Crippen MR) is 147 cm³/mol. The summed E-state index contributed by atoms with van der Waals surface area (Å²) in [4.78, 5) is 21.2. The molecule has 194 valence electrons. The fraction of sp³-hybridized carbons (Fsp3) is 0.222. The highest BCUT2D eigenvalue weighted by atomic mass is 35.5. The van der Waals surface area contributed by atoms with Crippen LogP contribution >= 0.6 is 11.6 Å². The number of allylic oxidation sites excluding steroid dienone is 2. The second-order valence-corrected chi connectivity index (χ2v) is 10.1. The molecule has 2 unspecified atom stereocenters. The van der Waals surface area contributed by atoms with Crippen LogP contribution in [0.2, 0.25) is 5.02 Å². The molecule has 0 spiro atoms. The van der Waals surface area contributed by atoms with Crippen molar-refractivity contribution in [3.05, 3.63) is 104 Å². The first-order chi connectivity index (χ1) is 17.6. The lowest BCUT2D eigenvalue weighted by molar-refractivity contribution is 0.591. The Morgan fingerprint density at radius 3 is 2.70 bits per heavy atom. The maximum atomic E-state index is 15.6. The van der Waals surface area contributed by atoms with Crippen LogP contribution < -0.4 is 11.3 Å². The van der Waals surface area contributed by atoms with E-state index in [4.69, 9.17) is 17.3 Å². The minimum absolute atomic E-state index is 0.0638. The molecular formula is C27H27ClF2N4O2S. The number of hydrogen-bond acceptors (Lipinski definition) is 5. The van der Waals surface area contributed by atoms with Crippen LogP contribution in [0.5, 0.6) is 0 Å². The number of nitrogens with zero attached hydrogens (tertiary/aromatic N) is 3. The van der Waals surface area contributed by atoms with Crippen molar-refractivity contribution in [1.82, 2.24) is 9.55 Å². The predicted octanol–water partition coefficient (Wildman–Crippen LogP) is 5.80. The standard InChI is InChI=1S/C27H27ClF2N4O2S/c1-5-11-32-25(19-9-6-10-22(24(19)30)37(4)36)21(29)15-34-17(3)14-20(23(28)27(34)35)16(2)13-18-8-7-12-33-26(18)31/h5-12,14-16H,13H2,1-4H3,(H2,31,33)/b11-5+,21-15-,32-25+. The van der Waals surface area contributed by atoms with Crippen LogP contribution in [0.25, 0.3) is 6.20 Å². The summed E-state index contributed by atoms with van der Waals surface area (Å²) in [6.45, 7) is 5.22. The summed E-state index contributed by atoms with van der Waals surface area (Å²) < 4.78 is 43.6. The molecule has 0 bridgehead atoms. The molecule has 6 nitrogen and oxygen atoms in total. The number of pyridine rings is 2. The van der Waals surface area contributed by atoms with Gasteiger partial charge in [0.2, 0.25) is 0 Å². The highest BCUT2D eigenvalue weighted by Gasteiger charge is 2.21. The first kappa shape index (κ1) is 28.1. The average molecular weight is 545 g/mol. The van der Waals surface area contributed by atoms with Gasteiger partial charge in [-0.1, -0.05) is 36.7 Å². The van der Waals surface area contributed by atoms with Crippen LogP contribution in [0.1, 0.15) is 42.1 Å². The van der Waals surface area contributed by atoms with Crippen LogP contribution in [0, 0.1) is 12.7 Å². The summed E-state index contributed by atoms with van der Waals surface area (Å²) in [7, 11) is -1.63. The first-order valence-corrected chi connectivity index (χ1v) is 13.3. The summed E-state index contributed by atoms with van der Waals surface area (Å²) >= 11 is 6.45. The fourth-order valence-corrected chi connectivity index (χ4v) is 4.79. The topological polar surface area (TPSA) is 90.3 Å². The van der Waals surface area contributed by atoms with E-state index in [2.05, 4.69) is 9.98 Å². The molecule has 1 aromatic carbocycles. The number of nitrogens with two attached hydrogens (primary N) is 1. The van der Waals surface area contributed by atoms with Gasteiger partial charge in [-0.15, -0.1) is 0 Å². The van der Waals surface area contributed by atoms with E-state index in [-0.39, 0.29) is 27.1 Å². The lowest BCUT2D eigenvalue weighted by atomic mass is 9.94. The SMILES string of the molecule is C/C=C/N=C(/C(F)=C/n1c(C)cc(C(C)Cc2cccnc2N)c(Cl)c1=O)c1cccc(S(C)=O)c1F. The summed E-state index contributed by atoms with van der Waals surface area (Å²) in [6.07, 6.45) is 7.20. The number of aromatic nitrogens is 2. The van der Waals surface area contributed by atoms with Crippen molar-refractivity contribution in [3.8, 4) is 0 Å². The second-order valence-electron chi connectivity index (χ2n) is 8.39. The summed E-state index contributed by atoms with van der Waals surface area (Å²) in [5.41, 5.74) is 6.61. The van der Waals surface area contributed by atoms with Gasteiger partial charge in [-0.3, -0.25) is 18.6 Å². The Bertz CT molecular complexity index is 1500. The average Bonchev–Trinajstić information content (AvgIpc) is 2.86. The normalized spacial score (nSPS) is 14.2. The molecule has 2 aromatic heterocycles. The number of aliphatic imine (C=N–C) groups is 1. The number of anilines is 1. The van der Waals surface area contributed by atoms with Gasteiger partial charge in [-0.05, 0) is 61.6 Å². The molecule has 3 aromatic rings. The van der Waals surface area contributed by atoms with Gasteiger partial charge in [0.25, 0.3) is 5.56 Å². The number of aryl methyl sites for hydroxylation is 1. The number of halogens is 3. The Kier molecular flexibility index (Phi) is 9.29. The van der Waals surface area contributed by atoms with Crippen LogP contribution in [0.3, 0.4) is 0 Å². The maximum absolute atomic E-state index is 15.6. The van der Waals surface area contributed by atoms with E-state index in [1.165, 1.54) is 30.7 Å². The van der Waals surface area contributed by atoms with Gasteiger partial charge in [0.15, 0.2) is 5.83 Å². The van der Waals surface area contributed by atoms with Crippen molar-refractivity contribution < 1.29 is 13.0 Å². The van der Waals surface area contributed by atoms with E-state index in [0.29, 0.717) is 23.5 Å². The minimum Gasteiger partial charge on any atom is -0.383 e. The van der Waals surface area contributed by atoms with Crippen LogP contribution in [0.15, 0.2) is 75.4 Å². The zero-order valence-corrected chi connectivity index (χ0v) is 22.4. The van der Waals surface area contributed by atoms with Gasteiger partial charge in [-0.25, -0.2) is 13.8 Å². The lowest BCUT2D eigenvalue weighted by Gasteiger charge is -2.17. The molecule has 10 heteroatoms. The molecule has 0 aliphatic carbocycles. The second kappa shape index (κ2) is 12.2.